The Morgan fingerprint density at radius 1 is 0.306 bits per heavy atom. The molecule has 1 spiro atoms. The SMILES string of the molecule is c1ccc(-c2nc(-c3ccccc3-c3cccc(-c4cccc5c4C4(c6ccccc6-c6ccccc64)c4ccccc4-5)c3)nc(-c3cccc4oc5ccccc5c34)n2)cc1. The van der Waals surface area contributed by atoms with Crippen LogP contribution in [-0.4, -0.2) is 15.0 Å². The number of rotatable bonds is 5. The predicted molar refractivity (Wildman–Crippen MR) is 251 cm³/mol. The summed E-state index contributed by atoms with van der Waals surface area (Å²) in [6.07, 6.45) is 0. The first-order valence-corrected chi connectivity index (χ1v) is 21.1. The Balaban J connectivity index is 1.01. The first kappa shape index (κ1) is 34.6. The van der Waals surface area contributed by atoms with E-state index in [1.165, 1.54) is 50.1 Å². The van der Waals surface area contributed by atoms with Crippen molar-refractivity contribution in [1.29, 1.82) is 0 Å². The fraction of sp³-hybridized carbons (Fsp3) is 0.0172. The second-order valence-electron chi connectivity index (χ2n) is 16.2. The van der Waals surface area contributed by atoms with E-state index >= 15 is 0 Å². The highest BCUT2D eigenvalue weighted by molar-refractivity contribution is 6.12. The molecule has 2 heterocycles. The minimum atomic E-state index is -0.456. The van der Waals surface area contributed by atoms with Crippen LogP contribution in [0.15, 0.2) is 217 Å². The molecule has 62 heavy (non-hydrogen) atoms. The largest absolute Gasteiger partial charge is 0.456 e. The molecule has 2 aliphatic rings. The Morgan fingerprint density at radius 2 is 0.758 bits per heavy atom. The Morgan fingerprint density at radius 3 is 1.48 bits per heavy atom. The van der Waals surface area contributed by atoms with E-state index in [0.717, 1.165) is 55.3 Å². The molecule has 4 nitrogen and oxygen atoms in total. The van der Waals surface area contributed by atoms with Crippen LogP contribution in [0.3, 0.4) is 0 Å². The van der Waals surface area contributed by atoms with Gasteiger partial charge < -0.3 is 4.42 Å². The van der Waals surface area contributed by atoms with Crippen LogP contribution in [0.5, 0.6) is 0 Å². The molecular formula is C58H35N3O. The van der Waals surface area contributed by atoms with Gasteiger partial charge in [0.15, 0.2) is 17.5 Å². The minimum absolute atomic E-state index is 0.456. The molecule has 0 N–H and O–H groups in total. The van der Waals surface area contributed by atoms with Crippen molar-refractivity contribution in [2.75, 3.05) is 0 Å². The first-order chi connectivity index (χ1) is 30.8. The number of nitrogens with zero attached hydrogens (tertiary/aromatic N) is 3. The Kier molecular flexibility index (Phi) is 7.49. The van der Waals surface area contributed by atoms with Crippen molar-refractivity contribution >= 4 is 21.9 Å². The van der Waals surface area contributed by atoms with Crippen molar-refractivity contribution in [3.8, 4) is 78.7 Å². The van der Waals surface area contributed by atoms with E-state index in [-0.39, 0.29) is 0 Å². The van der Waals surface area contributed by atoms with Crippen LogP contribution in [0.2, 0.25) is 0 Å². The lowest BCUT2D eigenvalue weighted by Crippen LogP contribution is -2.26. The highest BCUT2D eigenvalue weighted by Crippen LogP contribution is 2.64. The third-order valence-corrected chi connectivity index (χ3v) is 13.0. The van der Waals surface area contributed by atoms with Crippen LogP contribution in [0.1, 0.15) is 22.3 Å². The summed E-state index contributed by atoms with van der Waals surface area (Å²) >= 11 is 0. The van der Waals surface area contributed by atoms with Gasteiger partial charge in [0.05, 0.1) is 5.41 Å². The zero-order valence-corrected chi connectivity index (χ0v) is 33.5. The third-order valence-electron chi connectivity index (χ3n) is 13.0. The molecule has 0 unspecified atom stereocenters. The molecule has 288 valence electrons. The molecular weight excluding hydrogens is 755 g/mol. The van der Waals surface area contributed by atoms with E-state index in [1.54, 1.807) is 0 Å². The normalized spacial score (nSPS) is 13.0. The topological polar surface area (TPSA) is 51.8 Å². The average Bonchev–Trinajstić information content (AvgIpc) is 3.99. The lowest BCUT2D eigenvalue weighted by molar-refractivity contribution is 0.669. The fourth-order valence-electron chi connectivity index (χ4n) is 10.5. The maximum atomic E-state index is 6.31. The number of fused-ring (bicyclic) bond motifs is 13. The number of furan rings is 1. The number of aromatic nitrogens is 3. The number of hydrogen-bond acceptors (Lipinski definition) is 4. The van der Waals surface area contributed by atoms with Crippen molar-refractivity contribution in [2.24, 2.45) is 0 Å². The van der Waals surface area contributed by atoms with Gasteiger partial charge in [0, 0.05) is 27.5 Å². The Labute approximate surface area is 358 Å². The lowest BCUT2D eigenvalue weighted by atomic mass is 9.68. The summed E-state index contributed by atoms with van der Waals surface area (Å²) < 4.78 is 6.31. The second kappa shape index (κ2) is 13.4. The average molecular weight is 790 g/mol. The number of para-hydroxylation sites is 1. The van der Waals surface area contributed by atoms with E-state index in [4.69, 9.17) is 19.4 Å². The van der Waals surface area contributed by atoms with Gasteiger partial charge in [0.2, 0.25) is 0 Å². The summed E-state index contributed by atoms with van der Waals surface area (Å²) in [5.74, 6) is 1.81. The van der Waals surface area contributed by atoms with Crippen molar-refractivity contribution in [1.82, 2.24) is 15.0 Å². The van der Waals surface area contributed by atoms with Gasteiger partial charge in [-0.3, -0.25) is 0 Å². The van der Waals surface area contributed by atoms with Gasteiger partial charge in [-0.25, -0.2) is 15.0 Å². The van der Waals surface area contributed by atoms with Gasteiger partial charge in [0.25, 0.3) is 0 Å². The van der Waals surface area contributed by atoms with Crippen LogP contribution >= 0.6 is 0 Å². The molecule has 0 saturated heterocycles. The summed E-state index contributed by atoms with van der Waals surface area (Å²) in [5, 5.41) is 2.02. The minimum Gasteiger partial charge on any atom is -0.456 e. The van der Waals surface area contributed by atoms with Crippen LogP contribution < -0.4 is 0 Å². The Hall–Kier alpha value is -8.21. The molecule has 0 amide bonds. The van der Waals surface area contributed by atoms with Crippen molar-refractivity contribution in [3.63, 3.8) is 0 Å². The van der Waals surface area contributed by atoms with E-state index < -0.39 is 5.41 Å². The van der Waals surface area contributed by atoms with Crippen molar-refractivity contribution in [3.05, 3.63) is 235 Å². The zero-order valence-electron chi connectivity index (χ0n) is 33.5. The molecule has 2 aliphatic carbocycles. The van der Waals surface area contributed by atoms with E-state index in [9.17, 15) is 0 Å². The quantitative estimate of drug-likeness (QED) is 0.174. The Bertz CT molecular complexity index is 3540. The highest BCUT2D eigenvalue weighted by Gasteiger charge is 2.52. The standard InChI is InChI=1S/C58H35N3O/c1-2-17-36(18-3-1)55-59-56(61-57(60-55)47-29-16-34-52-53(47)46-26-9-13-33-51(46)62-52)45-25-5-4-21-39(45)37-19-14-20-38(35-37)40-27-15-28-44-43-24-8-12-32-50(43)58(54(40)44)48-30-10-6-22-41(48)42-23-7-11-31-49(42)58/h1-35H. The molecule has 0 atom stereocenters. The van der Waals surface area contributed by atoms with E-state index in [1.807, 2.05) is 48.5 Å². The molecule has 0 saturated carbocycles. The van der Waals surface area contributed by atoms with Gasteiger partial charge >= 0.3 is 0 Å². The number of hydrogen-bond donors (Lipinski definition) is 0. The summed E-state index contributed by atoms with van der Waals surface area (Å²) in [6, 6.07) is 75.7. The van der Waals surface area contributed by atoms with Crippen molar-refractivity contribution < 1.29 is 4.42 Å². The van der Waals surface area contributed by atoms with Gasteiger partial charge in [0.1, 0.15) is 11.2 Å². The number of benzene rings is 9. The van der Waals surface area contributed by atoms with Crippen LogP contribution in [0, 0.1) is 0 Å². The first-order valence-electron chi connectivity index (χ1n) is 21.1. The zero-order chi connectivity index (χ0) is 40.8. The summed E-state index contributed by atoms with van der Waals surface area (Å²) in [4.78, 5) is 15.7. The maximum Gasteiger partial charge on any atom is 0.164 e. The van der Waals surface area contributed by atoms with Crippen LogP contribution in [0.25, 0.3) is 101 Å². The summed E-state index contributed by atoms with van der Waals surface area (Å²) in [7, 11) is 0. The molecule has 0 aliphatic heterocycles. The summed E-state index contributed by atoms with van der Waals surface area (Å²) in [6.45, 7) is 0. The molecule has 0 fully saturated rings. The van der Waals surface area contributed by atoms with E-state index in [0.29, 0.717) is 17.5 Å². The molecule has 0 bridgehead atoms. The van der Waals surface area contributed by atoms with Crippen molar-refractivity contribution in [2.45, 2.75) is 5.41 Å². The molecule has 11 aromatic rings. The fourth-order valence-corrected chi connectivity index (χ4v) is 10.5. The molecule has 13 rings (SSSR count). The monoisotopic (exact) mass is 789 g/mol. The van der Waals surface area contributed by atoms with E-state index in [2.05, 4.69) is 164 Å². The molecule has 4 heteroatoms. The van der Waals surface area contributed by atoms with Crippen LogP contribution in [-0.2, 0) is 5.41 Å². The van der Waals surface area contributed by atoms with Gasteiger partial charge in [-0.2, -0.15) is 0 Å². The van der Waals surface area contributed by atoms with Gasteiger partial charge in [-0.15, -0.1) is 0 Å². The third kappa shape index (κ3) is 4.92. The molecule has 9 aromatic carbocycles. The molecule has 0 radical (unpaired) electrons. The van der Waals surface area contributed by atoms with Crippen LogP contribution in [0.4, 0.5) is 0 Å². The predicted octanol–water partition coefficient (Wildman–Crippen LogP) is 14.4. The smallest absolute Gasteiger partial charge is 0.164 e. The second-order valence-corrected chi connectivity index (χ2v) is 16.2. The van der Waals surface area contributed by atoms with Gasteiger partial charge in [-0.1, -0.05) is 194 Å². The molecule has 2 aromatic heterocycles. The summed E-state index contributed by atoms with van der Waals surface area (Å²) in [5.41, 5.74) is 18.9. The lowest BCUT2D eigenvalue weighted by Gasteiger charge is -2.32. The highest BCUT2D eigenvalue weighted by atomic mass is 16.3. The maximum absolute atomic E-state index is 6.31. The van der Waals surface area contributed by atoms with Gasteiger partial charge in [-0.05, 0) is 85.0 Å².